The first-order chi connectivity index (χ1) is 7.94. The van der Waals surface area contributed by atoms with Gasteiger partial charge in [0.05, 0.1) is 11.5 Å². The second-order valence-electron chi connectivity index (χ2n) is 4.89. The molecule has 0 saturated carbocycles. The number of nitrogens with zero attached hydrogens (tertiary/aromatic N) is 1. The maximum absolute atomic E-state index is 11.4. The number of likely N-dealkylation sites (N-methyl/N-ethyl adjacent to an activating group) is 1. The van der Waals surface area contributed by atoms with Crippen LogP contribution in [0.5, 0.6) is 0 Å². The van der Waals surface area contributed by atoms with Crippen LogP contribution in [0.4, 0.5) is 0 Å². The van der Waals surface area contributed by atoms with Gasteiger partial charge in [0.25, 0.3) is 0 Å². The van der Waals surface area contributed by atoms with E-state index in [2.05, 4.69) is 4.90 Å². The Morgan fingerprint density at radius 1 is 1.53 bits per heavy atom. The van der Waals surface area contributed by atoms with Crippen LogP contribution < -0.4 is 5.73 Å². The monoisotopic (exact) mass is 264 g/mol. The SMILES string of the molecule is COCCCC(N)CN(C)C1CCS(=O)(=O)C1. The number of hydrogen-bond acceptors (Lipinski definition) is 5. The molecule has 2 atom stereocenters. The van der Waals surface area contributed by atoms with Gasteiger partial charge in [0.1, 0.15) is 0 Å². The number of ether oxygens (including phenoxy) is 1. The standard InChI is InChI=1S/C11H24N2O3S/c1-13(8-10(12)4-3-6-16-2)11-5-7-17(14,15)9-11/h10-11H,3-9,12H2,1-2H3. The molecule has 1 aliphatic heterocycles. The van der Waals surface area contributed by atoms with Gasteiger partial charge in [-0.15, -0.1) is 0 Å². The molecule has 5 nitrogen and oxygen atoms in total. The van der Waals surface area contributed by atoms with Crippen LogP contribution in [0.3, 0.4) is 0 Å². The molecule has 0 amide bonds. The fourth-order valence-electron chi connectivity index (χ4n) is 2.22. The highest BCUT2D eigenvalue weighted by Gasteiger charge is 2.30. The van der Waals surface area contributed by atoms with Gasteiger partial charge in [0.15, 0.2) is 9.84 Å². The summed E-state index contributed by atoms with van der Waals surface area (Å²) in [4.78, 5) is 2.09. The summed E-state index contributed by atoms with van der Waals surface area (Å²) in [7, 11) is 0.842. The number of hydrogen-bond donors (Lipinski definition) is 1. The lowest BCUT2D eigenvalue weighted by Gasteiger charge is -2.26. The Hall–Kier alpha value is -0.170. The lowest BCUT2D eigenvalue weighted by molar-refractivity contribution is 0.184. The van der Waals surface area contributed by atoms with E-state index in [4.69, 9.17) is 10.5 Å². The molecule has 0 bridgehead atoms. The van der Waals surface area contributed by atoms with E-state index in [1.165, 1.54) is 0 Å². The summed E-state index contributed by atoms with van der Waals surface area (Å²) in [6, 6.07) is 0.243. The molecule has 0 spiro atoms. The molecule has 0 aliphatic carbocycles. The van der Waals surface area contributed by atoms with Crippen LogP contribution in [0, 0.1) is 0 Å². The van der Waals surface area contributed by atoms with Crippen molar-refractivity contribution in [3.63, 3.8) is 0 Å². The van der Waals surface area contributed by atoms with E-state index in [1.54, 1.807) is 7.11 Å². The molecular formula is C11H24N2O3S. The van der Waals surface area contributed by atoms with Crippen molar-refractivity contribution in [2.24, 2.45) is 5.73 Å². The zero-order valence-corrected chi connectivity index (χ0v) is 11.6. The Balaban J connectivity index is 2.27. The van der Waals surface area contributed by atoms with Crippen LogP contribution in [0.25, 0.3) is 0 Å². The highest BCUT2D eigenvalue weighted by atomic mass is 32.2. The van der Waals surface area contributed by atoms with Crippen molar-refractivity contribution < 1.29 is 13.2 Å². The Bertz CT molecular complexity index is 319. The predicted octanol–water partition coefficient (Wildman–Crippen LogP) is -0.141. The zero-order chi connectivity index (χ0) is 12.9. The van der Waals surface area contributed by atoms with Crippen molar-refractivity contribution in [3.8, 4) is 0 Å². The second kappa shape index (κ2) is 6.68. The van der Waals surface area contributed by atoms with Gasteiger partial charge in [0, 0.05) is 32.3 Å². The molecule has 0 radical (unpaired) electrons. The predicted molar refractivity (Wildman–Crippen MR) is 68.8 cm³/mol. The summed E-state index contributed by atoms with van der Waals surface area (Å²) in [6.45, 7) is 1.49. The lowest BCUT2D eigenvalue weighted by Crippen LogP contribution is -2.41. The van der Waals surface area contributed by atoms with E-state index in [9.17, 15) is 8.42 Å². The summed E-state index contributed by atoms with van der Waals surface area (Å²) < 4.78 is 27.7. The minimum atomic E-state index is -2.80. The van der Waals surface area contributed by atoms with Crippen molar-refractivity contribution in [1.82, 2.24) is 4.90 Å². The van der Waals surface area contributed by atoms with Crippen LogP contribution in [0.2, 0.25) is 0 Å². The summed E-state index contributed by atoms with van der Waals surface area (Å²) in [6.07, 6.45) is 2.61. The van der Waals surface area contributed by atoms with Crippen molar-refractivity contribution in [1.29, 1.82) is 0 Å². The zero-order valence-electron chi connectivity index (χ0n) is 10.8. The molecule has 1 saturated heterocycles. The first-order valence-electron chi connectivity index (χ1n) is 6.10. The molecule has 2 unspecified atom stereocenters. The van der Waals surface area contributed by atoms with Crippen molar-refractivity contribution in [2.45, 2.75) is 31.3 Å². The van der Waals surface area contributed by atoms with Crippen molar-refractivity contribution >= 4 is 9.84 Å². The van der Waals surface area contributed by atoms with Crippen LogP contribution in [-0.4, -0.2) is 64.2 Å². The van der Waals surface area contributed by atoms with E-state index in [0.717, 1.165) is 32.4 Å². The van der Waals surface area contributed by atoms with Crippen LogP contribution in [0.15, 0.2) is 0 Å². The van der Waals surface area contributed by atoms with Gasteiger partial charge in [-0.05, 0) is 26.3 Å². The number of methoxy groups -OCH3 is 1. The molecule has 1 aliphatic rings. The Labute approximate surface area is 104 Å². The van der Waals surface area contributed by atoms with E-state index < -0.39 is 9.84 Å². The average Bonchev–Trinajstić information content (AvgIpc) is 2.59. The molecule has 17 heavy (non-hydrogen) atoms. The van der Waals surface area contributed by atoms with Crippen LogP contribution in [0.1, 0.15) is 19.3 Å². The fourth-order valence-corrected chi connectivity index (χ4v) is 4.03. The third-order valence-electron chi connectivity index (χ3n) is 3.28. The van der Waals surface area contributed by atoms with Gasteiger partial charge in [-0.2, -0.15) is 0 Å². The molecule has 0 aromatic heterocycles. The number of sulfone groups is 1. The third-order valence-corrected chi connectivity index (χ3v) is 5.03. The first-order valence-corrected chi connectivity index (χ1v) is 7.92. The second-order valence-corrected chi connectivity index (χ2v) is 7.12. The molecular weight excluding hydrogens is 240 g/mol. The molecule has 1 fully saturated rings. The summed E-state index contributed by atoms with van der Waals surface area (Å²) in [5.41, 5.74) is 6.00. The summed E-state index contributed by atoms with van der Waals surface area (Å²) in [5.74, 6) is 0.606. The van der Waals surface area contributed by atoms with E-state index in [-0.39, 0.29) is 17.8 Å². The molecule has 6 heteroatoms. The highest BCUT2D eigenvalue weighted by molar-refractivity contribution is 7.91. The molecule has 0 aromatic rings. The Kier molecular flexibility index (Phi) is 5.85. The van der Waals surface area contributed by atoms with Crippen molar-refractivity contribution in [3.05, 3.63) is 0 Å². The quantitative estimate of drug-likeness (QED) is 0.648. The molecule has 2 N–H and O–H groups in total. The Morgan fingerprint density at radius 3 is 2.76 bits per heavy atom. The fraction of sp³-hybridized carbons (Fsp3) is 1.00. The number of rotatable bonds is 7. The molecule has 0 aromatic carbocycles. The highest BCUT2D eigenvalue weighted by Crippen LogP contribution is 2.16. The molecule has 1 heterocycles. The van der Waals surface area contributed by atoms with Gasteiger partial charge in [0.2, 0.25) is 0 Å². The van der Waals surface area contributed by atoms with E-state index in [1.807, 2.05) is 7.05 Å². The van der Waals surface area contributed by atoms with Gasteiger partial charge in [-0.3, -0.25) is 0 Å². The minimum absolute atomic E-state index is 0.0958. The van der Waals surface area contributed by atoms with Crippen LogP contribution in [-0.2, 0) is 14.6 Å². The van der Waals surface area contributed by atoms with Crippen LogP contribution >= 0.6 is 0 Å². The van der Waals surface area contributed by atoms with E-state index >= 15 is 0 Å². The largest absolute Gasteiger partial charge is 0.385 e. The first kappa shape index (κ1) is 14.9. The van der Waals surface area contributed by atoms with E-state index in [0.29, 0.717) is 5.75 Å². The molecule has 1 rings (SSSR count). The number of nitrogens with two attached hydrogens (primary N) is 1. The minimum Gasteiger partial charge on any atom is -0.385 e. The van der Waals surface area contributed by atoms with Gasteiger partial charge in [-0.25, -0.2) is 8.42 Å². The lowest BCUT2D eigenvalue weighted by atomic mass is 10.1. The van der Waals surface area contributed by atoms with Crippen molar-refractivity contribution in [2.75, 3.05) is 38.8 Å². The Morgan fingerprint density at radius 2 is 2.24 bits per heavy atom. The van der Waals surface area contributed by atoms with Gasteiger partial charge < -0.3 is 15.4 Å². The molecule has 102 valence electrons. The van der Waals surface area contributed by atoms with Gasteiger partial charge in [-0.1, -0.05) is 0 Å². The smallest absolute Gasteiger partial charge is 0.151 e. The van der Waals surface area contributed by atoms with Gasteiger partial charge >= 0.3 is 0 Å². The summed E-state index contributed by atoms with van der Waals surface area (Å²) >= 11 is 0. The maximum atomic E-state index is 11.4. The summed E-state index contributed by atoms with van der Waals surface area (Å²) in [5, 5.41) is 0. The third kappa shape index (κ3) is 5.33. The topological polar surface area (TPSA) is 72.6 Å². The normalized spacial score (nSPS) is 25.3. The average molecular weight is 264 g/mol. The maximum Gasteiger partial charge on any atom is 0.151 e.